The molecule has 70 valence electrons. The zero-order valence-electron chi connectivity index (χ0n) is 7.71. The van der Waals surface area contributed by atoms with Gasteiger partial charge in [-0.05, 0) is 6.42 Å². The maximum atomic E-state index is 8.89. The summed E-state index contributed by atoms with van der Waals surface area (Å²) in [5.74, 6) is 2.60. The van der Waals surface area contributed by atoms with Crippen LogP contribution in [-0.2, 0) is 4.74 Å². The molecule has 2 atom stereocenters. The van der Waals surface area contributed by atoms with Crippen molar-refractivity contribution < 1.29 is 9.84 Å². The van der Waals surface area contributed by atoms with E-state index in [9.17, 15) is 0 Å². The number of hydrogen-bond donors (Lipinski definition) is 2. The lowest BCUT2D eigenvalue weighted by atomic mass is 10.2. The van der Waals surface area contributed by atoms with Crippen LogP contribution in [-0.4, -0.2) is 37.5 Å². The predicted molar refractivity (Wildman–Crippen MR) is 48.8 cm³/mol. The zero-order chi connectivity index (χ0) is 9.40. The number of nitrogens with one attached hydrogen (secondary N) is 1. The molecule has 0 aromatic carbocycles. The van der Waals surface area contributed by atoms with Crippen molar-refractivity contribution in [3.8, 4) is 12.3 Å². The standard InChI is InChI=1S/C9H17NO2/c1-4-8(5-2)10-9(6-11)7-12-3/h1,8-11H,5-7H2,2-3H3. The minimum absolute atomic E-state index is 0.0253. The molecule has 3 heteroatoms. The molecule has 0 aliphatic rings. The maximum Gasteiger partial charge on any atom is 0.0687 e. The fraction of sp³-hybridized carbons (Fsp3) is 0.778. The van der Waals surface area contributed by atoms with Crippen LogP contribution < -0.4 is 5.32 Å². The first-order valence-corrected chi connectivity index (χ1v) is 4.10. The van der Waals surface area contributed by atoms with Crippen LogP contribution in [0, 0.1) is 12.3 Å². The van der Waals surface area contributed by atoms with Gasteiger partial charge in [0.25, 0.3) is 0 Å². The van der Waals surface area contributed by atoms with Gasteiger partial charge in [0.15, 0.2) is 0 Å². The smallest absolute Gasteiger partial charge is 0.0687 e. The van der Waals surface area contributed by atoms with Crippen LogP contribution in [0.25, 0.3) is 0 Å². The SMILES string of the molecule is C#CC(CC)NC(CO)COC. The van der Waals surface area contributed by atoms with Crippen LogP contribution >= 0.6 is 0 Å². The van der Waals surface area contributed by atoms with Crippen LogP contribution in [0.4, 0.5) is 0 Å². The lowest BCUT2D eigenvalue weighted by Crippen LogP contribution is -2.42. The van der Waals surface area contributed by atoms with Crippen molar-refractivity contribution in [3.63, 3.8) is 0 Å². The maximum absolute atomic E-state index is 8.89. The second-order valence-electron chi connectivity index (χ2n) is 2.63. The van der Waals surface area contributed by atoms with Crippen molar-refractivity contribution in [2.24, 2.45) is 0 Å². The van der Waals surface area contributed by atoms with E-state index in [4.69, 9.17) is 16.3 Å². The molecule has 0 bridgehead atoms. The van der Waals surface area contributed by atoms with Crippen molar-refractivity contribution in [1.82, 2.24) is 5.32 Å². The van der Waals surface area contributed by atoms with Gasteiger partial charge in [0.1, 0.15) is 0 Å². The van der Waals surface area contributed by atoms with E-state index in [0.29, 0.717) is 6.61 Å². The Morgan fingerprint density at radius 1 is 1.67 bits per heavy atom. The minimum Gasteiger partial charge on any atom is -0.395 e. The summed E-state index contributed by atoms with van der Waals surface area (Å²) in [6, 6.07) is -0.0340. The molecule has 0 heterocycles. The number of rotatable bonds is 6. The predicted octanol–water partition coefficient (Wildman–Crippen LogP) is -0.00490. The van der Waals surface area contributed by atoms with Crippen LogP contribution in [0.15, 0.2) is 0 Å². The van der Waals surface area contributed by atoms with E-state index >= 15 is 0 Å². The van der Waals surface area contributed by atoms with Gasteiger partial charge in [-0.15, -0.1) is 6.42 Å². The summed E-state index contributed by atoms with van der Waals surface area (Å²) in [6.07, 6.45) is 6.11. The molecule has 0 aliphatic heterocycles. The Kier molecular flexibility index (Phi) is 6.78. The van der Waals surface area contributed by atoms with E-state index in [-0.39, 0.29) is 18.7 Å². The monoisotopic (exact) mass is 171 g/mol. The molecule has 0 radical (unpaired) electrons. The first-order chi connectivity index (χ1) is 5.78. The number of methoxy groups -OCH3 is 1. The van der Waals surface area contributed by atoms with E-state index in [1.807, 2.05) is 6.92 Å². The van der Waals surface area contributed by atoms with Crippen LogP contribution in [0.2, 0.25) is 0 Å². The summed E-state index contributed by atoms with van der Waals surface area (Å²) in [7, 11) is 1.60. The average molecular weight is 171 g/mol. The highest BCUT2D eigenvalue weighted by Gasteiger charge is 2.10. The van der Waals surface area contributed by atoms with E-state index in [2.05, 4.69) is 11.2 Å². The molecule has 2 N–H and O–H groups in total. The molecule has 0 spiro atoms. The lowest BCUT2D eigenvalue weighted by Gasteiger charge is -2.18. The van der Waals surface area contributed by atoms with Gasteiger partial charge in [0.05, 0.1) is 25.3 Å². The number of hydrogen-bond acceptors (Lipinski definition) is 3. The Bertz CT molecular complexity index is 142. The van der Waals surface area contributed by atoms with Crippen LogP contribution in [0.3, 0.4) is 0 Å². The van der Waals surface area contributed by atoms with Crippen molar-refractivity contribution in [2.75, 3.05) is 20.3 Å². The molecule has 0 amide bonds. The highest BCUT2D eigenvalue weighted by atomic mass is 16.5. The quantitative estimate of drug-likeness (QED) is 0.552. The molecule has 3 nitrogen and oxygen atoms in total. The van der Waals surface area contributed by atoms with Crippen molar-refractivity contribution in [2.45, 2.75) is 25.4 Å². The first kappa shape index (κ1) is 11.4. The van der Waals surface area contributed by atoms with Gasteiger partial charge >= 0.3 is 0 Å². The van der Waals surface area contributed by atoms with Gasteiger partial charge in [-0.25, -0.2) is 0 Å². The summed E-state index contributed by atoms with van der Waals surface area (Å²) >= 11 is 0. The number of aliphatic hydroxyl groups excluding tert-OH is 1. The number of terminal acetylenes is 1. The fourth-order valence-electron chi connectivity index (χ4n) is 0.923. The molecule has 0 rings (SSSR count). The van der Waals surface area contributed by atoms with E-state index in [1.165, 1.54) is 0 Å². The van der Waals surface area contributed by atoms with Crippen molar-refractivity contribution in [3.05, 3.63) is 0 Å². The summed E-state index contributed by atoms with van der Waals surface area (Å²) in [6.45, 7) is 2.53. The van der Waals surface area contributed by atoms with Gasteiger partial charge in [0, 0.05) is 7.11 Å². The van der Waals surface area contributed by atoms with Gasteiger partial charge in [-0.1, -0.05) is 12.8 Å². The Morgan fingerprint density at radius 2 is 2.33 bits per heavy atom. The molecule has 0 saturated carbocycles. The molecule has 2 unspecified atom stereocenters. The highest BCUT2D eigenvalue weighted by Crippen LogP contribution is 1.92. The Hall–Kier alpha value is -0.560. The molecule has 0 aliphatic carbocycles. The Morgan fingerprint density at radius 3 is 2.67 bits per heavy atom. The number of ether oxygens (including phenoxy) is 1. The van der Waals surface area contributed by atoms with Crippen molar-refractivity contribution >= 4 is 0 Å². The first-order valence-electron chi connectivity index (χ1n) is 4.10. The van der Waals surface area contributed by atoms with E-state index < -0.39 is 0 Å². The van der Waals surface area contributed by atoms with E-state index in [0.717, 1.165) is 6.42 Å². The van der Waals surface area contributed by atoms with Gasteiger partial charge < -0.3 is 9.84 Å². The molecule has 0 saturated heterocycles. The topological polar surface area (TPSA) is 41.5 Å². The normalized spacial score (nSPS) is 15.2. The summed E-state index contributed by atoms with van der Waals surface area (Å²) in [5.41, 5.74) is 0. The zero-order valence-corrected chi connectivity index (χ0v) is 7.71. The Balaban J connectivity index is 3.75. The molecule has 12 heavy (non-hydrogen) atoms. The summed E-state index contributed by atoms with van der Waals surface area (Å²) in [5, 5.41) is 12.0. The second-order valence-corrected chi connectivity index (χ2v) is 2.63. The van der Waals surface area contributed by atoms with E-state index in [1.54, 1.807) is 7.11 Å². The molecular weight excluding hydrogens is 154 g/mol. The summed E-state index contributed by atoms with van der Waals surface area (Å²) < 4.78 is 4.89. The van der Waals surface area contributed by atoms with Crippen molar-refractivity contribution in [1.29, 1.82) is 0 Å². The lowest BCUT2D eigenvalue weighted by molar-refractivity contribution is 0.125. The van der Waals surface area contributed by atoms with Gasteiger partial charge in [-0.2, -0.15) is 0 Å². The third kappa shape index (κ3) is 4.35. The summed E-state index contributed by atoms with van der Waals surface area (Å²) in [4.78, 5) is 0. The van der Waals surface area contributed by atoms with Gasteiger partial charge in [0.2, 0.25) is 0 Å². The van der Waals surface area contributed by atoms with Crippen LogP contribution in [0.1, 0.15) is 13.3 Å². The third-order valence-corrected chi connectivity index (χ3v) is 1.63. The molecular formula is C9H17NO2. The fourth-order valence-corrected chi connectivity index (χ4v) is 0.923. The molecule has 0 aromatic heterocycles. The van der Waals surface area contributed by atoms with Gasteiger partial charge in [-0.3, -0.25) is 5.32 Å². The largest absolute Gasteiger partial charge is 0.395 e. The molecule has 0 aromatic rings. The average Bonchev–Trinajstić information content (AvgIpc) is 2.12. The number of aliphatic hydroxyl groups is 1. The second kappa shape index (κ2) is 7.11. The third-order valence-electron chi connectivity index (χ3n) is 1.63. The minimum atomic E-state index is -0.0593. The highest BCUT2D eigenvalue weighted by molar-refractivity contribution is 4.99. The molecule has 0 fully saturated rings. The van der Waals surface area contributed by atoms with Crippen LogP contribution in [0.5, 0.6) is 0 Å². The Labute approximate surface area is 74.1 Å².